The van der Waals surface area contributed by atoms with E-state index in [1.165, 1.54) is 49.1 Å². The van der Waals surface area contributed by atoms with Crippen LogP contribution in [0.1, 0.15) is 81.1 Å². The molecule has 0 radical (unpaired) electrons. The van der Waals surface area contributed by atoms with Crippen LogP contribution in [0.3, 0.4) is 0 Å². The van der Waals surface area contributed by atoms with Crippen LogP contribution in [0.15, 0.2) is 0 Å². The molecule has 0 atom stereocenters. The first kappa shape index (κ1) is 16.4. The van der Waals surface area contributed by atoms with Gasteiger partial charge in [0.15, 0.2) is 0 Å². The Morgan fingerprint density at radius 1 is 1.00 bits per heavy atom. The molecule has 1 saturated carbocycles. The van der Waals surface area contributed by atoms with Gasteiger partial charge in [-0.3, -0.25) is 0 Å². The van der Waals surface area contributed by atoms with Crippen LogP contribution in [-0.2, 0) is 6.54 Å². The molecule has 3 heteroatoms. The van der Waals surface area contributed by atoms with E-state index in [4.69, 9.17) is 9.97 Å². The maximum atomic E-state index is 4.84. The Bertz CT molecular complexity index is 425. The van der Waals surface area contributed by atoms with Gasteiger partial charge in [0, 0.05) is 29.4 Å². The zero-order valence-corrected chi connectivity index (χ0v) is 14.2. The van der Waals surface area contributed by atoms with E-state index in [0.29, 0.717) is 5.92 Å². The molecule has 0 unspecified atom stereocenters. The van der Waals surface area contributed by atoms with Crippen molar-refractivity contribution in [2.24, 2.45) is 5.92 Å². The van der Waals surface area contributed by atoms with Crippen molar-refractivity contribution in [2.75, 3.05) is 6.54 Å². The summed E-state index contributed by atoms with van der Waals surface area (Å²) in [6.45, 7) is 10.7. The quantitative estimate of drug-likeness (QED) is 0.794. The second-order valence-corrected chi connectivity index (χ2v) is 6.53. The molecule has 0 amide bonds. The highest BCUT2D eigenvalue weighted by Crippen LogP contribution is 2.35. The fourth-order valence-corrected chi connectivity index (χ4v) is 3.42. The van der Waals surface area contributed by atoms with Gasteiger partial charge in [0.25, 0.3) is 0 Å². The van der Waals surface area contributed by atoms with Gasteiger partial charge in [-0.25, -0.2) is 9.97 Å². The lowest BCUT2D eigenvalue weighted by molar-refractivity contribution is 0.311. The molecule has 0 spiro atoms. The van der Waals surface area contributed by atoms with Gasteiger partial charge in [-0.2, -0.15) is 0 Å². The number of aryl methyl sites for hydroxylation is 2. The number of hydrogen-bond acceptors (Lipinski definition) is 3. The molecule has 0 aromatic carbocycles. The van der Waals surface area contributed by atoms with E-state index in [1.807, 2.05) is 0 Å². The predicted octanol–water partition coefficient (Wildman–Crippen LogP) is 4.28. The summed E-state index contributed by atoms with van der Waals surface area (Å²) in [7, 11) is 0. The standard InChI is InChI=1S/C18H31N3/c1-5-11-19-12-17-13(3)20-18(21-14(17)4)16-9-7-15(6-2)8-10-16/h15-16,19H,5-12H2,1-4H3. The van der Waals surface area contributed by atoms with Crippen LogP contribution >= 0.6 is 0 Å². The van der Waals surface area contributed by atoms with Crippen molar-refractivity contribution in [1.29, 1.82) is 0 Å². The van der Waals surface area contributed by atoms with Crippen molar-refractivity contribution < 1.29 is 0 Å². The van der Waals surface area contributed by atoms with Gasteiger partial charge in [0.1, 0.15) is 5.82 Å². The Morgan fingerprint density at radius 3 is 2.14 bits per heavy atom. The largest absolute Gasteiger partial charge is 0.313 e. The van der Waals surface area contributed by atoms with Gasteiger partial charge in [0.05, 0.1) is 0 Å². The summed E-state index contributed by atoms with van der Waals surface area (Å²) in [5.41, 5.74) is 3.62. The third-order valence-electron chi connectivity index (χ3n) is 4.96. The van der Waals surface area contributed by atoms with E-state index in [9.17, 15) is 0 Å². The third-order valence-corrected chi connectivity index (χ3v) is 4.96. The van der Waals surface area contributed by atoms with Gasteiger partial charge >= 0.3 is 0 Å². The number of nitrogens with zero attached hydrogens (tertiary/aromatic N) is 2. The van der Waals surface area contributed by atoms with Gasteiger partial charge in [-0.05, 0) is 58.4 Å². The summed E-state index contributed by atoms with van der Waals surface area (Å²) in [5.74, 6) is 2.61. The summed E-state index contributed by atoms with van der Waals surface area (Å²) in [5, 5.41) is 3.47. The molecule has 1 heterocycles. The average molecular weight is 289 g/mol. The van der Waals surface area contributed by atoms with E-state index >= 15 is 0 Å². The smallest absolute Gasteiger partial charge is 0.131 e. The molecule has 1 fully saturated rings. The first-order valence-corrected chi connectivity index (χ1v) is 8.70. The Morgan fingerprint density at radius 2 is 1.62 bits per heavy atom. The predicted molar refractivity (Wildman–Crippen MR) is 88.5 cm³/mol. The van der Waals surface area contributed by atoms with Crippen molar-refractivity contribution >= 4 is 0 Å². The van der Waals surface area contributed by atoms with Crippen molar-refractivity contribution in [2.45, 2.75) is 78.7 Å². The normalized spacial score (nSPS) is 22.5. The van der Waals surface area contributed by atoms with Crippen LogP contribution in [0.2, 0.25) is 0 Å². The molecule has 3 nitrogen and oxygen atoms in total. The zero-order valence-electron chi connectivity index (χ0n) is 14.2. The number of aromatic nitrogens is 2. The summed E-state index contributed by atoms with van der Waals surface area (Å²) in [6.07, 6.45) is 7.73. The van der Waals surface area contributed by atoms with Crippen LogP contribution in [-0.4, -0.2) is 16.5 Å². The lowest BCUT2D eigenvalue weighted by Gasteiger charge is -2.27. The molecule has 1 N–H and O–H groups in total. The molecule has 2 rings (SSSR count). The maximum Gasteiger partial charge on any atom is 0.131 e. The molecular weight excluding hydrogens is 258 g/mol. The van der Waals surface area contributed by atoms with E-state index in [1.54, 1.807) is 0 Å². The van der Waals surface area contributed by atoms with Crippen LogP contribution in [0, 0.1) is 19.8 Å². The summed E-state index contributed by atoms with van der Waals surface area (Å²) >= 11 is 0. The van der Waals surface area contributed by atoms with Crippen LogP contribution in [0.5, 0.6) is 0 Å². The number of hydrogen-bond donors (Lipinski definition) is 1. The highest BCUT2D eigenvalue weighted by Gasteiger charge is 2.24. The average Bonchev–Trinajstić information content (AvgIpc) is 2.50. The highest BCUT2D eigenvalue weighted by molar-refractivity contribution is 5.25. The minimum atomic E-state index is 0.586. The molecule has 0 aliphatic heterocycles. The van der Waals surface area contributed by atoms with E-state index in [2.05, 4.69) is 33.0 Å². The fourth-order valence-electron chi connectivity index (χ4n) is 3.42. The van der Waals surface area contributed by atoms with Crippen molar-refractivity contribution in [1.82, 2.24) is 15.3 Å². The van der Waals surface area contributed by atoms with Gasteiger partial charge in [-0.15, -0.1) is 0 Å². The van der Waals surface area contributed by atoms with E-state index in [-0.39, 0.29) is 0 Å². The minimum absolute atomic E-state index is 0.586. The Labute approximate surface area is 130 Å². The van der Waals surface area contributed by atoms with Gasteiger partial charge < -0.3 is 5.32 Å². The van der Waals surface area contributed by atoms with Crippen LogP contribution < -0.4 is 5.32 Å². The SMILES string of the molecule is CCCNCc1c(C)nc(C2CCC(CC)CC2)nc1C. The number of nitrogens with one attached hydrogen (secondary N) is 1. The third kappa shape index (κ3) is 4.26. The fraction of sp³-hybridized carbons (Fsp3) is 0.778. The second kappa shape index (κ2) is 7.88. The molecule has 0 bridgehead atoms. The molecule has 0 saturated heterocycles. The van der Waals surface area contributed by atoms with E-state index in [0.717, 1.165) is 31.3 Å². The minimum Gasteiger partial charge on any atom is -0.313 e. The van der Waals surface area contributed by atoms with Crippen molar-refractivity contribution in [3.8, 4) is 0 Å². The number of rotatable bonds is 6. The molecule has 1 aromatic heterocycles. The Balaban J connectivity index is 2.05. The highest BCUT2D eigenvalue weighted by atomic mass is 14.9. The van der Waals surface area contributed by atoms with Crippen molar-refractivity contribution in [3.05, 3.63) is 22.8 Å². The summed E-state index contributed by atoms with van der Waals surface area (Å²) in [6, 6.07) is 0. The lowest BCUT2D eigenvalue weighted by Crippen LogP contribution is -2.19. The second-order valence-electron chi connectivity index (χ2n) is 6.53. The Hall–Kier alpha value is -0.960. The first-order chi connectivity index (χ1) is 10.2. The summed E-state index contributed by atoms with van der Waals surface area (Å²) in [4.78, 5) is 9.67. The lowest BCUT2D eigenvalue weighted by atomic mass is 9.80. The molecule has 1 aromatic rings. The molecule has 1 aliphatic rings. The van der Waals surface area contributed by atoms with E-state index < -0.39 is 0 Å². The van der Waals surface area contributed by atoms with Crippen LogP contribution in [0.4, 0.5) is 0 Å². The van der Waals surface area contributed by atoms with Crippen molar-refractivity contribution in [3.63, 3.8) is 0 Å². The molecular formula is C18H31N3. The molecule has 118 valence electrons. The van der Waals surface area contributed by atoms with Gasteiger partial charge in [-0.1, -0.05) is 20.3 Å². The van der Waals surface area contributed by atoms with Gasteiger partial charge in [0.2, 0.25) is 0 Å². The molecule has 21 heavy (non-hydrogen) atoms. The monoisotopic (exact) mass is 289 g/mol. The maximum absolute atomic E-state index is 4.84. The molecule has 1 aliphatic carbocycles. The Kier molecular flexibility index (Phi) is 6.16. The topological polar surface area (TPSA) is 37.8 Å². The first-order valence-electron chi connectivity index (χ1n) is 8.70. The summed E-state index contributed by atoms with van der Waals surface area (Å²) < 4.78 is 0. The van der Waals surface area contributed by atoms with Crippen LogP contribution in [0.25, 0.3) is 0 Å². The zero-order chi connectivity index (χ0) is 15.2.